The molecule has 0 heterocycles. The molecule has 6 N–H and O–H groups in total. The molecule has 0 fully saturated rings. The SMILES string of the molecule is N[14C](=O)NN[14C](N)=O. The molecule has 0 bridgehead atoms. The Morgan fingerprint density at radius 2 is 1.25 bits per heavy atom. The Balaban J connectivity index is 3.18. The quantitative estimate of drug-likeness (QED) is 0.285. The van der Waals surface area contributed by atoms with Crippen molar-refractivity contribution in [2.45, 2.75) is 0 Å². The molecule has 0 rings (SSSR count). The van der Waals surface area contributed by atoms with Crippen LogP contribution in [-0.2, 0) is 0 Å². The highest BCUT2D eigenvalue weighted by Crippen LogP contribution is 1.48. The molecule has 0 atom stereocenters. The molecule has 0 radical (unpaired) electrons. The van der Waals surface area contributed by atoms with Gasteiger partial charge in [-0.15, -0.1) is 0 Å². The van der Waals surface area contributed by atoms with E-state index in [1.807, 2.05) is 0 Å². The van der Waals surface area contributed by atoms with Crippen molar-refractivity contribution in [3.8, 4) is 0 Å². The van der Waals surface area contributed by atoms with Crippen LogP contribution in [0.3, 0.4) is 0 Å². The number of hydrogen-bond acceptors (Lipinski definition) is 2. The summed E-state index contributed by atoms with van der Waals surface area (Å²) in [6, 6.07) is -1.72. The normalized spacial score (nSPS) is 7.50. The Kier molecular flexibility index (Phi) is 2.18. The van der Waals surface area contributed by atoms with Crippen molar-refractivity contribution < 1.29 is 9.59 Å². The molecule has 0 spiro atoms. The van der Waals surface area contributed by atoms with E-state index in [-0.39, 0.29) is 0 Å². The van der Waals surface area contributed by atoms with Crippen LogP contribution in [0.1, 0.15) is 0 Å². The Morgan fingerprint density at radius 1 is 1.00 bits per heavy atom. The first-order chi connectivity index (χ1) is 3.63. The molecule has 8 heavy (non-hydrogen) atoms. The highest BCUT2D eigenvalue weighted by atomic mass is 16.4. The molecule has 6 heteroatoms. The molecule has 0 aromatic rings. The smallest absolute Gasteiger partial charge is 0.330 e. The highest BCUT2D eigenvalue weighted by Gasteiger charge is 1.89. The van der Waals surface area contributed by atoms with E-state index in [2.05, 4.69) is 11.5 Å². The van der Waals surface area contributed by atoms with Crippen LogP contribution in [0.25, 0.3) is 0 Å². The van der Waals surface area contributed by atoms with E-state index < -0.39 is 12.1 Å². The van der Waals surface area contributed by atoms with Gasteiger partial charge in [0.25, 0.3) is 0 Å². The van der Waals surface area contributed by atoms with E-state index in [4.69, 9.17) is 0 Å². The van der Waals surface area contributed by atoms with E-state index in [0.29, 0.717) is 0 Å². The van der Waals surface area contributed by atoms with Gasteiger partial charge < -0.3 is 11.5 Å². The highest BCUT2D eigenvalue weighted by molar-refractivity contribution is 5.77. The molecule has 0 aliphatic carbocycles. The molecule has 0 aromatic carbocycles. The fourth-order valence-corrected chi connectivity index (χ4v) is 0.123. The molecular formula is C2H6N4O2. The van der Waals surface area contributed by atoms with Crippen molar-refractivity contribution in [2.24, 2.45) is 11.5 Å². The van der Waals surface area contributed by atoms with Crippen LogP contribution in [-0.4, -0.2) is 12.1 Å². The number of amides is 4. The van der Waals surface area contributed by atoms with Gasteiger partial charge in [0.15, 0.2) is 0 Å². The first-order valence-corrected chi connectivity index (χ1v) is 1.74. The number of hydrazine groups is 1. The van der Waals surface area contributed by atoms with Crippen molar-refractivity contribution in [3.05, 3.63) is 0 Å². The molecule has 0 aliphatic heterocycles. The Bertz CT molecular complexity index is 96.6. The van der Waals surface area contributed by atoms with Gasteiger partial charge in [-0.25, -0.2) is 20.4 Å². The van der Waals surface area contributed by atoms with Crippen LogP contribution >= 0.6 is 0 Å². The maximum Gasteiger partial charge on any atom is 0.330 e. The monoisotopic (exact) mass is 122 g/mol. The summed E-state index contributed by atoms with van der Waals surface area (Å²) in [5.74, 6) is 0. The molecular weight excluding hydrogens is 116 g/mol. The van der Waals surface area contributed by atoms with Crippen LogP contribution in [0.5, 0.6) is 0 Å². The number of hydrogen-bond donors (Lipinski definition) is 4. The summed E-state index contributed by atoms with van der Waals surface area (Å²) in [4.78, 5) is 19.5. The summed E-state index contributed by atoms with van der Waals surface area (Å²) in [7, 11) is 0. The molecule has 46 valence electrons. The number of carbonyl (C=O) groups is 2. The first-order valence-electron chi connectivity index (χ1n) is 1.74. The van der Waals surface area contributed by atoms with Crippen LogP contribution in [0.2, 0.25) is 0 Å². The summed E-state index contributed by atoms with van der Waals surface area (Å²) in [5.41, 5.74) is 12.6. The molecule has 0 unspecified atom stereocenters. The molecule has 6 nitrogen and oxygen atoms in total. The predicted octanol–water partition coefficient (Wildman–Crippen LogP) is -1.76. The minimum absolute atomic E-state index is 0.858. The lowest BCUT2D eigenvalue weighted by Crippen LogP contribution is -2.46. The Hall–Kier alpha value is -1.46. The molecule has 4 amide bonds. The van der Waals surface area contributed by atoms with E-state index in [1.165, 1.54) is 0 Å². The molecule has 0 aromatic heterocycles. The minimum atomic E-state index is -0.858. The van der Waals surface area contributed by atoms with Crippen LogP contribution in [0.15, 0.2) is 0 Å². The van der Waals surface area contributed by atoms with Gasteiger partial charge in [0.2, 0.25) is 0 Å². The van der Waals surface area contributed by atoms with Crippen LogP contribution < -0.4 is 22.3 Å². The number of rotatable bonds is 0. The standard InChI is InChI=1S/C2H6N4O2/c3-1(7)5-6-2(4)8/h(H3,3,5,7)(H3,4,6,8)/i1+2,2+2. The van der Waals surface area contributed by atoms with Crippen LogP contribution in [0.4, 0.5) is 9.59 Å². The zero-order chi connectivity index (χ0) is 6.57. The molecule has 0 saturated heterocycles. The van der Waals surface area contributed by atoms with Crippen molar-refractivity contribution >= 4 is 12.1 Å². The van der Waals surface area contributed by atoms with Gasteiger partial charge >= 0.3 is 12.1 Å². The van der Waals surface area contributed by atoms with Gasteiger partial charge in [-0.1, -0.05) is 0 Å². The number of nitrogens with one attached hydrogen (secondary N) is 2. The van der Waals surface area contributed by atoms with Gasteiger partial charge in [-0.2, -0.15) is 0 Å². The first kappa shape index (κ1) is 6.54. The maximum atomic E-state index is 9.74. The second-order valence-electron chi connectivity index (χ2n) is 0.979. The Labute approximate surface area is 45.2 Å². The minimum Gasteiger partial charge on any atom is -0.350 e. The van der Waals surface area contributed by atoms with Crippen LogP contribution in [0, 0.1) is 0 Å². The van der Waals surface area contributed by atoms with E-state index in [1.54, 1.807) is 10.9 Å². The summed E-state index contributed by atoms with van der Waals surface area (Å²) < 4.78 is 0. The predicted molar refractivity (Wildman–Crippen MR) is 25.4 cm³/mol. The second-order valence-corrected chi connectivity index (χ2v) is 0.979. The molecule has 0 aliphatic rings. The summed E-state index contributed by atoms with van der Waals surface area (Å²) in [5, 5.41) is 0. The third-order valence-corrected chi connectivity index (χ3v) is 0.309. The van der Waals surface area contributed by atoms with Gasteiger partial charge in [-0.3, -0.25) is 0 Å². The third-order valence-electron chi connectivity index (χ3n) is 0.309. The fraction of sp³-hybridized carbons (Fsp3) is 0. The summed E-state index contributed by atoms with van der Waals surface area (Å²) in [6.07, 6.45) is 0. The van der Waals surface area contributed by atoms with Gasteiger partial charge in [0, 0.05) is 0 Å². The fourth-order valence-electron chi connectivity index (χ4n) is 0.123. The number of carbonyl (C=O) groups excluding carboxylic acids is 2. The topological polar surface area (TPSA) is 110 Å². The number of urea groups is 2. The van der Waals surface area contributed by atoms with E-state index in [0.717, 1.165) is 0 Å². The van der Waals surface area contributed by atoms with Crippen molar-refractivity contribution in [2.75, 3.05) is 0 Å². The van der Waals surface area contributed by atoms with Crippen molar-refractivity contribution in [1.82, 2.24) is 10.9 Å². The summed E-state index contributed by atoms with van der Waals surface area (Å²) in [6.45, 7) is 0. The maximum absolute atomic E-state index is 9.74. The average molecular weight is 122 g/mol. The number of primary amides is 2. The Morgan fingerprint density at radius 3 is 1.38 bits per heavy atom. The number of nitrogens with two attached hydrogens (primary N) is 2. The van der Waals surface area contributed by atoms with E-state index in [9.17, 15) is 9.59 Å². The van der Waals surface area contributed by atoms with Gasteiger partial charge in [0.1, 0.15) is 0 Å². The third kappa shape index (κ3) is 4.54. The van der Waals surface area contributed by atoms with Gasteiger partial charge in [0.05, 0.1) is 0 Å². The van der Waals surface area contributed by atoms with Crippen molar-refractivity contribution in [3.63, 3.8) is 0 Å². The molecule has 0 saturated carbocycles. The zero-order valence-corrected chi connectivity index (χ0v) is 3.97. The van der Waals surface area contributed by atoms with E-state index >= 15 is 0 Å². The van der Waals surface area contributed by atoms with Crippen molar-refractivity contribution in [1.29, 1.82) is 0 Å². The lowest BCUT2D eigenvalue weighted by Gasteiger charge is -1.97. The largest absolute Gasteiger partial charge is 0.350 e. The van der Waals surface area contributed by atoms with Gasteiger partial charge in [-0.05, 0) is 0 Å². The average Bonchev–Trinajstić information content (AvgIpc) is 1.61. The zero-order valence-electron chi connectivity index (χ0n) is 3.97. The second kappa shape index (κ2) is 2.67. The lowest BCUT2D eigenvalue weighted by molar-refractivity contribution is 0.233. The lowest BCUT2D eigenvalue weighted by atomic mass is 12.2. The summed E-state index contributed by atoms with van der Waals surface area (Å²) >= 11 is 0.